The fraction of sp³-hybridized carbons (Fsp3) is 0.250. The lowest BCUT2D eigenvalue weighted by Gasteiger charge is -2.05. The Labute approximate surface area is 103 Å². The molecule has 1 heterocycles. The van der Waals surface area contributed by atoms with Crippen LogP contribution in [-0.2, 0) is 11.3 Å². The van der Waals surface area contributed by atoms with Crippen molar-refractivity contribution in [3.63, 3.8) is 0 Å². The number of benzene rings is 1. The minimum absolute atomic E-state index is 0.112. The van der Waals surface area contributed by atoms with Crippen molar-refractivity contribution in [2.24, 2.45) is 0 Å². The molecule has 1 aromatic carbocycles. The Morgan fingerprint density at radius 2 is 2.22 bits per heavy atom. The number of hydrogen-bond acceptors (Lipinski definition) is 3. The molecule has 2 aromatic rings. The molecular weight excluding hydrogens is 237 g/mol. The lowest BCUT2D eigenvalue weighted by molar-refractivity contribution is 0.181. The fourth-order valence-electron chi connectivity index (χ4n) is 1.79. The van der Waals surface area contributed by atoms with E-state index in [1.54, 1.807) is 6.92 Å². The highest BCUT2D eigenvalue weighted by atomic mass is 19.1. The number of anilines is 1. The quantitative estimate of drug-likeness (QED) is 0.864. The van der Waals surface area contributed by atoms with Crippen LogP contribution in [0.4, 0.5) is 10.1 Å². The Balaban J connectivity index is 2.57. The van der Waals surface area contributed by atoms with Crippen molar-refractivity contribution < 1.29 is 9.13 Å². The van der Waals surface area contributed by atoms with Gasteiger partial charge in [-0.15, -0.1) is 0 Å². The number of methoxy groups -OCH3 is 1. The molecule has 6 heteroatoms. The maximum absolute atomic E-state index is 13.0. The van der Waals surface area contributed by atoms with Crippen LogP contribution in [-0.4, -0.2) is 16.9 Å². The molecule has 0 saturated carbocycles. The number of ether oxygens (including phenoxy) is 1. The molecule has 0 atom stereocenters. The summed E-state index contributed by atoms with van der Waals surface area (Å²) in [6, 6.07) is 4.18. The molecule has 3 N–H and O–H groups in total. The summed E-state index contributed by atoms with van der Waals surface area (Å²) in [5, 5.41) is 2.86. The lowest BCUT2D eigenvalue weighted by atomic mass is 10.2. The summed E-state index contributed by atoms with van der Waals surface area (Å²) in [5.74, 6) is -0.346. The van der Waals surface area contributed by atoms with Gasteiger partial charge in [0.2, 0.25) is 0 Å². The van der Waals surface area contributed by atoms with Crippen LogP contribution in [0, 0.1) is 12.7 Å². The van der Waals surface area contributed by atoms with E-state index >= 15 is 0 Å². The monoisotopic (exact) mass is 251 g/mol. The van der Waals surface area contributed by atoms with Gasteiger partial charge >= 0.3 is 0 Å². The molecule has 0 aliphatic heterocycles. The van der Waals surface area contributed by atoms with Crippen LogP contribution in [0.5, 0.6) is 0 Å². The molecule has 5 nitrogen and oxygen atoms in total. The molecule has 0 bridgehead atoms. The molecular formula is C12H14FN3O2. The van der Waals surface area contributed by atoms with Gasteiger partial charge in [0.1, 0.15) is 11.5 Å². The minimum Gasteiger partial charge on any atom is -0.393 e. The molecule has 96 valence electrons. The van der Waals surface area contributed by atoms with Crippen LogP contribution in [0.2, 0.25) is 0 Å². The van der Waals surface area contributed by atoms with E-state index in [4.69, 9.17) is 10.5 Å². The van der Waals surface area contributed by atoms with Gasteiger partial charge in [-0.25, -0.2) is 9.07 Å². The van der Waals surface area contributed by atoms with Gasteiger partial charge in [0, 0.05) is 7.11 Å². The molecule has 0 unspecified atom stereocenters. The maximum atomic E-state index is 13.0. The topological polar surface area (TPSA) is 73.0 Å². The first-order chi connectivity index (χ1) is 8.54. The zero-order valence-corrected chi connectivity index (χ0v) is 10.2. The number of nitrogens with zero attached hydrogens (tertiary/aromatic N) is 1. The Bertz CT molecular complexity index is 631. The van der Waals surface area contributed by atoms with Crippen LogP contribution < -0.4 is 11.3 Å². The molecule has 0 amide bonds. The number of rotatable bonds is 3. The zero-order valence-electron chi connectivity index (χ0n) is 10.2. The van der Waals surface area contributed by atoms with Crippen molar-refractivity contribution in [1.82, 2.24) is 9.78 Å². The first-order valence-corrected chi connectivity index (χ1v) is 5.39. The average Bonchev–Trinajstić information content (AvgIpc) is 2.58. The van der Waals surface area contributed by atoms with E-state index in [-0.39, 0.29) is 23.7 Å². The van der Waals surface area contributed by atoms with E-state index < -0.39 is 0 Å². The van der Waals surface area contributed by atoms with E-state index in [1.807, 2.05) is 0 Å². The van der Waals surface area contributed by atoms with Crippen molar-refractivity contribution in [2.45, 2.75) is 13.5 Å². The van der Waals surface area contributed by atoms with E-state index in [1.165, 1.54) is 30.0 Å². The van der Waals surface area contributed by atoms with Crippen molar-refractivity contribution in [1.29, 1.82) is 0 Å². The third-order valence-corrected chi connectivity index (χ3v) is 2.69. The number of hydrogen-bond donors (Lipinski definition) is 2. The van der Waals surface area contributed by atoms with Gasteiger partial charge in [-0.05, 0) is 30.7 Å². The van der Waals surface area contributed by atoms with Gasteiger partial charge in [0.05, 0.1) is 18.0 Å². The normalized spacial score (nSPS) is 10.8. The Hall–Kier alpha value is -2.08. The third-order valence-electron chi connectivity index (χ3n) is 2.69. The van der Waals surface area contributed by atoms with E-state index in [2.05, 4.69) is 5.10 Å². The lowest BCUT2D eigenvalue weighted by Crippen LogP contribution is -2.17. The largest absolute Gasteiger partial charge is 0.393 e. The Morgan fingerprint density at radius 1 is 1.50 bits per heavy atom. The molecule has 1 aromatic heterocycles. The van der Waals surface area contributed by atoms with Gasteiger partial charge in [-0.1, -0.05) is 0 Å². The fourth-order valence-corrected chi connectivity index (χ4v) is 1.79. The van der Waals surface area contributed by atoms with Crippen LogP contribution in [0.15, 0.2) is 23.0 Å². The third kappa shape index (κ3) is 2.02. The predicted molar refractivity (Wildman–Crippen MR) is 66.2 cm³/mol. The number of nitrogens with one attached hydrogen (secondary N) is 1. The van der Waals surface area contributed by atoms with Crippen molar-refractivity contribution in [2.75, 3.05) is 12.8 Å². The second-order valence-corrected chi connectivity index (χ2v) is 4.01. The average molecular weight is 251 g/mol. The highest BCUT2D eigenvalue weighted by Crippen LogP contribution is 2.15. The van der Waals surface area contributed by atoms with E-state index in [0.29, 0.717) is 16.9 Å². The number of aromatic amines is 1. The molecule has 0 fully saturated rings. The van der Waals surface area contributed by atoms with Gasteiger partial charge in [-0.3, -0.25) is 9.89 Å². The standard InChI is InChI=1S/C12H14FN3O2/c1-7-5-8(13)3-4-10(7)16-12(17)11(14)9(15-16)6-18-2/h3-5,15H,6,14H2,1-2H3. The van der Waals surface area contributed by atoms with Gasteiger partial charge in [-0.2, -0.15) is 0 Å². The molecule has 18 heavy (non-hydrogen) atoms. The smallest absolute Gasteiger partial charge is 0.294 e. The van der Waals surface area contributed by atoms with E-state index in [9.17, 15) is 9.18 Å². The van der Waals surface area contributed by atoms with Gasteiger partial charge in [0.15, 0.2) is 0 Å². The number of halogens is 1. The van der Waals surface area contributed by atoms with Crippen LogP contribution >= 0.6 is 0 Å². The summed E-state index contributed by atoms with van der Waals surface area (Å²) in [6.45, 7) is 1.94. The number of aromatic nitrogens is 2. The zero-order chi connectivity index (χ0) is 13.3. The van der Waals surface area contributed by atoms with Gasteiger partial charge in [0.25, 0.3) is 5.56 Å². The van der Waals surface area contributed by atoms with Crippen LogP contribution in [0.25, 0.3) is 5.69 Å². The summed E-state index contributed by atoms with van der Waals surface area (Å²) < 4.78 is 19.3. The van der Waals surface area contributed by atoms with Crippen molar-refractivity contribution >= 4 is 5.69 Å². The molecule has 0 saturated heterocycles. The second-order valence-electron chi connectivity index (χ2n) is 4.01. The van der Waals surface area contributed by atoms with Crippen molar-refractivity contribution in [3.05, 3.63) is 45.6 Å². The molecule has 0 aliphatic carbocycles. The molecule has 0 radical (unpaired) electrons. The first-order valence-electron chi connectivity index (χ1n) is 5.39. The number of aryl methyl sites for hydroxylation is 1. The highest BCUT2D eigenvalue weighted by Gasteiger charge is 2.13. The summed E-state index contributed by atoms with van der Waals surface area (Å²) in [4.78, 5) is 12.0. The summed E-state index contributed by atoms with van der Waals surface area (Å²) in [6.07, 6.45) is 0. The predicted octanol–water partition coefficient (Wildman–Crippen LogP) is 1.34. The number of nitrogens with two attached hydrogens (primary N) is 1. The summed E-state index contributed by atoms with van der Waals surface area (Å²) >= 11 is 0. The number of H-pyrrole nitrogens is 1. The molecule has 2 rings (SSSR count). The number of nitrogen functional groups attached to an aromatic ring is 1. The Morgan fingerprint density at radius 3 is 2.83 bits per heavy atom. The molecule has 0 aliphatic rings. The SMILES string of the molecule is COCc1[nH]n(-c2ccc(F)cc2C)c(=O)c1N. The molecule has 0 spiro atoms. The van der Waals surface area contributed by atoms with Crippen LogP contribution in [0.1, 0.15) is 11.3 Å². The summed E-state index contributed by atoms with van der Waals surface area (Å²) in [7, 11) is 1.51. The van der Waals surface area contributed by atoms with E-state index in [0.717, 1.165) is 0 Å². The highest BCUT2D eigenvalue weighted by molar-refractivity contribution is 5.46. The maximum Gasteiger partial charge on any atom is 0.294 e. The minimum atomic E-state index is -0.364. The first kappa shape index (κ1) is 12.4. The Kier molecular flexibility index (Phi) is 3.20. The van der Waals surface area contributed by atoms with Crippen LogP contribution in [0.3, 0.4) is 0 Å². The van der Waals surface area contributed by atoms with Gasteiger partial charge < -0.3 is 10.5 Å². The summed E-state index contributed by atoms with van der Waals surface area (Å²) in [5.41, 5.74) is 7.15. The van der Waals surface area contributed by atoms with Crippen molar-refractivity contribution in [3.8, 4) is 5.69 Å². The second kappa shape index (κ2) is 4.66.